The first-order valence-electron chi connectivity index (χ1n) is 9.47. The lowest BCUT2D eigenvalue weighted by Crippen LogP contribution is -2.31. The summed E-state index contributed by atoms with van der Waals surface area (Å²) in [4.78, 5) is 0.321. The summed E-state index contributed by atoms with van der Waals surface area (Å²) >= 11 is 2.09. The molecule has 0 fully saturated rings. The average Bonchev–Trinajstić information content (AvgIpc) is 2.82. The highest BCUT2D eigenvalue weighted by Gasteiger charge is 2.35. The topological polar surface area (TPSA) is 34.1 Å². The van der Waals surface area contributed by atoms with Gasteiger partial charge in [0.2, 0.25) is 9.84 Å². The number of benzene rings is 4. The van der Waals surface area contributed by atoms with Gasteiger partial charge in [-0.05, 0) is 50.6 Å². The molecule has 0 saturated carbocycles. The summed E-state index contributed by atoms with van der Waals surface area (Å²) in [6.45, 7) is -2.62. The van der Waals surface area contributed by atoms with Gasteiger partial charge >= 0.3 is 0 Å². The van der Waals surface area contributed by atoms with E-state index in [-0.39, 0.29) is 0 Å². The van der Waals surface area contributed by atoms with Crippen LogP contribution in [0.5, 0.6) is 0 Å². The van der Waals surface area contributed by atoms with Crippen LogP contribution in [0, 0.1) is 0 Å². The number of rotatable bonds is 5. The van der Waals surface area contributed by atoms with Crippen molar-refractivity contribution in [2.24, 2.45) is 0 Å². The molecule has 0 amide bonds. The minimum Gasteiger partial charge on any atom is -0.218 e. The van der Waals surface area contributed by atoms with Crippen molar-refractivity contribution in [3.8, 4) is 0 Å². The predicted octanol–water partition coefficient (Wildman–Crippen LogP) is 4.98. The zero-order valence-corrected chi connectivity index (χ0v) is 20.0. The van der Waals surface area contributed by atoms with Crippen LogP contribution in [0.2, 0.25) is 0 Å². The van der Waals surface area contributed by atoms with Crippen molar-refractivity contribution >= 4 is 57.9 Å². The van der Waals surface area contributed by atoms with E-state index in [1.54, 1.807) is 24.3 Å². The van der Waals surface area contributed by atoms with E-state index in [4.69, 9.17) is 0 Å². The summed E-state index contributed by atoms with van der Waals surface area (Å²) in [5, 5.41) is 3.06. The molecule has 0 aromatic heterocycles. The van der Waals surface area contributed by atoms with Crippen LogP contribution in [0.4, 0.5) is 0 Å². The van der Waals surface area contributed by atoms with Crippen molar-refractivity contribution in [1.29, 1.82) is 0 Å². The van der Waals surface area contributed by atoms with Crippen LogP contribution in [0.1, 0.15) is 0 Å². The summed E-state index contributed by atoms with van der Waals surface area (Å²) in [5.41, 5.74) is 0. The lowest BCUT2D eigenvalue weighted by Gasteiger charge is -2.30. The molecular weight excluding hydrogens is 522 g/mol. The minimum atomic E-state index is -3.69. The second kappa shape index (κ2) is 8.93. The van der Waals surface area contributed by atoms with Gasteiger partial charge in [0.05, 0.1) is 4.90 Å². The Bertz CT molecular complexity index is 1190. The molecule has 0 spiro atoms. The molecule has 2 nitrogen and oxygen atoms in total. The Morgan fingerprint density at radius 2 is 0.833 bits per heavy atom. The highest BCUT2D eigenvalue weighted by Crippen LogP contribution is 2.49. The van der Waals surface area contributed by atoms with Crippen molar-refractivity contribution in [3.05, 3.63) is 121 Å². The first-order chi connectivity index (χ1) is 14.6. The van der Waals surface area contributed by atoms with Gasteiger partial charge in [-0.1, -0.05) is 109 Å². The Morgan fingerprint density at radius 3 is 1.17 bits per heavy atom. The maximum Gasteiger partial charge on any atom is 0.213 e. The Hall–Kier alpha value is -2.14. The molecule has 4 aromatic rings. The first kappa shape index (κ1) is 21.1. The summed E-state index contributed by atoms with van der Waals surface area (Å²) < 4.78 is 28.2. The zero-order valence-electron chi connectivity index (χ0n) is 16.1. The molecule has 0 heterocycles. The van der Waals surface area contributed by atoms with Crippen molar-refractivity contribution in [3.63, 3.8) is 0 Å². The van der Waals surface area contributed by atoms with Gasteiger partial charge in [-0.2, -0.15) is 0 Å². The third kappa shape index (κ3) is 3.68. The van der Waals surface area contributed by atoms with Crippen LogP contribution in [0.15, 0.2) is 126 Å². The zero-order chi connectivity index (χ0) is 21.0. The highest BCUT2D eigenvalue weighted by molar-refractivity contribution is 14.1. The molecule has 0 radical (unpaired) electrons. The highest BCUT2D eigenvalue weighted by atomic mass is 127. The van der Waals surface area contributed by atoms with Crippen LogP contribution in [-0.4, -0.2) is 11.1 Å². The fraction of sp³-hybridized carbons (Fsp3) is 0. The van der Waals surface area contributed by atoms with Gasteiger partial charge in [0.25, 0.3) is 0 Å². The largest absolute Gasteiger partial charge is 0.218 e. The Labute approximate surface area is 191 Å². The van der Waals surface area contributed by atoms with Crippen LogP contribution in [0.3, 0.4) is 0 Å². The quantitative estimate of drug-likeness (QED) is 0.264. The van der Waals surface area contributed by atoms with E-state index in [0.717, 1.165) is 15.9 Å². The molecule has 0 atom stereocenters. The van der Waals surface area contributed by atoms with E-state index in [2.05, 4.69) is 22.6 Å². The smallest absolute Gasteiger partial charge is 0.213 e. The SMILES string of the molecule is O=S(=O)(C(I)=P(c1ccccc1)(c1ccccc1)c1ccccc1)c1ccccc1. The molecule has 0 aliphatic carbocycles. The monoisotopic (exact) mass is 542 g/mol. The molecule has 0 aliphatic heterocycles. The number of halogens is 1. The van der Waals surface area contributed by atoms with Crippen molar-refractivity contribution in [2.45, 2.75) is 4.90 Å². The minimum absolute atomic E-state index is 0.321. The van der Waals surface area contributed by atoms with Crippen LogP contribution < -0.4 is 15.9 Å². The number of hydrogen-bond acceptors (Lipinski definition) is 2. The molecular formula is C25H20IO2PS. The second-order valence-corrected chi connectivity index (χ2v) is 14.9. The van der Waals surface area contributed by atoms with E-state index in [0.29, 0.717) is 7.53 Å². The second-order valence-electron chi connectivity index (χ2n) is 6.75. The van der Waals surface area contributed by atoms with Crippen LogP contribution >= 0.6 is 29.5 Å². The van der Waals surface area contributed by atoms with Crippen molar-refractivity contribution in [2.75, 3.05) is 0 Å². The summed E-state index contributed by atoms with van der Waals surface area (Å²) in [6.07, 6.45) is 0. The lowest BCUT2D eigenvalue weighted by atomic mass is 10.4. The summed E-state index contributed by atoms with van der Waals surface area (Å²) in [7, 11) is -3.69. The van der Waals surface area contributed by atoms with Crippen LogP contribution in [0.25, 0.3) is 0 Å². The molecule has 0 N–H and O–H groups in total. The molecule has 0 bridgehead atoms. The Morgan fingerprint density at radius 1 is 0.533 bits per heavy atom. The van der Waals surface area contributed by atoms with E-state index in [1.807, 2.05) is 97.1 Å². The molecule has 30 heavy (non-hydrogen) atoms. The van der Waals surface area contributed by atoms with Gasteiger partial charge < -0.3 is 0 Å². The average molecular weight is 542 g/mol. The lowest BCUT2D eigenvalue weighted by molar-refractivity contribution is 0.608. The maximum atomic E-state index is 13.9. The molecule has 5 heteroatoms. The number of hydrogen-bond donors (Lipinski definition) is 0. The standard InChI is InChI=1S/C25H20IO2PS/c26-25(30(27,28)24-19-11-4-12-20-24)29(21-13-5-1-6-14-21,22-15-7-2-8-16-22)23-17-9-3-10-18-23/h1-20H. The molecule has 0 aliphatic rings. The van der Waals surface area contributed by atoms with Gasteiger partial charge in [-0.25, -0.2) is 8.42 Å². The third-order valence-corrected chi connectivity index (χ3v) is 15.5. The first-order valence-corrected chi connectivity index (χ1v) is 13.8. The molecule has 4 rings (SSSR count). The van der Waals surface area contributed by atoms with Gasteiger partial charge in [0, 0.05) is 6.89 Å². The molecule has 0 saturated heterocycles. The number of sulfone groups is 1. The Kier molecular flexibility index (Phi) is 6.28. The summed E-state index contributed by atoms with van der Waals surface area (Å²) in [5.74, 6) is 0. The van der Waals surface area contributed by atoms with E-state index < -0.39 is 16.7 Å². The fourth-order valence-electron chi connectivity index (χ4n) is 3.58. The third-order valence-electron chi connectivity index (χ3n) is 4.97. The van der Waals surface area contributed by atoms with Crippen molar-refractivity contribution in [1.82, 2.24) is 0 Å². The van der Waals surface area contributed by atoms with Crippen LogP contribution in [-0.2, 0) is 9.84 Å². The molecule has 4 aromatic carbocycles. The van der Waals surface area contributed by atoms with E-state index >= 15 is 0 Å². The summed E-state index contributed by atoms with van der Waals surface area (Å²) in [6, 6.07) is 38.8. The van der Waals surface area contributed by atoms with Gasteiger partial charge in [-0.15, -0.1) is 0 Å². The van der Waals surface area contributed by atoms with Gasteiger partial charge in [0.15, 0.2) is 0 Å². The molecule has 0 unspecified atom stereocenters. The fourth-order valence-corrected chi connectivity index (χ4v) is 13.6. The predicted molar refractivity (Wildman–Crippen MR) is 138 cm³/mol. The van der Waals surface area contributed by atoms with Crippen molar-refractivity contribution < 1.29 is 8.42 Å². The molecule has 150 valence electrons. The van der Waals surface area contributed by atoms with Gasteiger partial charge in [-0.3, -0.25) is 0 Å². The Balaban J connectivity index is 2.23. The van der Waals surface area contributed by atoms with E-state index in [9.17, 15) is 8.42 Å². The normalized spacial score (nSPS) is 11.8. The van der Waals surface area contributed by atoms with Gasteiger partial charge in [0.1, 0.15) is 2.63 Å². The van der Waals surface area contributed by atoms with E-state index in [1.165, 1.54) is 0 Å². The maximum absolute atomic E-state index is 13.9.